The van der Waals surface area contributed by atoms with E-state index in [0.717, 1.165) is 60.6 Å². The van der Waals surface area contributed by atoms with Gasteiger partial charge in [-0.1, -0.05) is 36.9 Å². The summed E-state index contributed by atoms with van der Waals surface area (Å²) in [6.07, 6.45) is 3.10. The summed E-state index contributed by atoms with van der Waals surface area (Å²) in [5.41, 5.74) is 15.2. The number of nitrogens with one attached hydrogen (secondary N) is 1. The number of nitrogen functional groups attached to an aromatic ring is 1. The van der Waals surface area contributed by atoms with Crippen LogP contribution in [0.15, 0.2) is 61.3 Å². The number of fused-ring (bicyclic) bond motifs is 1. The van der Waals surface area contributed by atoms with Crippen molar-refractivity contribution in [2.24, 2.45) is 0 Å². The first-order chi connectivity index (χ1) is 15.1. The number of rotatable bonds is 3. The first-order valence-corrected chi connectivity index (χ1v) is 10.9. The Morgan fingerprint density at radius 2 is 1.87 bits per heavy atom. The quantitative estimate of drug-likeness (QED) is 0.670. The van der Waals surface area contributed by atoms with Crippen LogP contribution >= 0.6 is 0 Å². The van der Waals surface area contributed by atoms with E-state index in [1.165, 1.54) is 16.8 Å². The molecular formula is C26H28N4O. The van der Waals surface area contributed by atoms with Crippen molar-refractivity contribution < 1.29 is 4.74 Å². The summed E-state index contributed by atoms with van der Waals surface area (Å²) >= 11 is 0. The summed E-state index contributed by atoms with van der Waals surface area (Å²) in [7, 11) is 0. The van der Waals surface area contributed by atoms with Crippen molar-refractivity contribution in [3.8, 4) is 22.3 Å². The number of benzene rings is 2. The summed E-state index contributed by atoms with van der Waals surface area (Å²) in [6.45, 7) is 9.78. The van der Waals surface area contributed by atoms with Gasteiger partial charge in [-0.3, -0.25) is 0 Å². The molecule has 158 valence electrons. The van der Waals surface area contributed by atoms with E-state index >= 15 is 0 Å². The van der Waals surface area contributed by atoms with E-state index in [2.05, 4.69) is 77.2 Å². The van der Waals surface area contributed by atoms with Crippen LogP contribution < -0.4 is 16.0 Å². The van der Waals surface area contributed by atoms with E-state index in [9.17, 15) is 0 Å². The molecular weight excluding hydrogens is 384 g/mol. The van der Waals surface area contributed by atoms with Gasteiger partial charge in [-0.05, 0) is 48.2 Å². The average molecular weight is 413 g/mol. The molecule has 0 unspecified atom stereocenters. The third kappa shape index (κ3) is 3.89. The molecule has 2 aromatic carbocycles. The minimum atomic E-state index is 0.266. The van der Waals surface area contributed by atoms with Crippen molar-refractivity contribution >= 4 is 17.2 Å². The SMILES string of the molecule is C=C1NCCc2cc(-c3cc(-c4ccc(N5CCO[C@H](C)C5)cc4)cnc3N)ccc21. The Hall–Kier alpha value is -3.31. The van der Waals surface area contributed by atoms with Gasteiger partial charge in [0, 0.05) is 53.9 Å². The molecule has 1 saturated heterocycles. The molecule has 0 radical (unpaired) electrons. The van der Waals surface area contributed by atoms with Gasteiger partial charge in [0.25, 0.3) is 0 Å². The molecule has 2 aliphatic heterocycles. The average Bonchev–Trinajstić information content (AvgIpc) is 2.79. The van der Waals surface area contributed by atoms with Crippen molar-refractivity contribution in [3.63, 3.8) is 0 Å². The molecule has 1 atom stereocenters. The number of nitrogens with zero attached hydrogens (tertiary/aromatic N) is 2. The van der Waals surface area contributed by atoms with Gasteiger partial charge in [-0.25, -0.2) is 4.98 Å². The Labute approximate surface area is 183 Å². The number of ether oxygens (including phenoxy) is 1. The molecule has 1 fully saturated rings. The molecule has 3 heterocycles. The van der Waals surface area contributed by atoms with E-state index in [1.807, 2.05) is 6.20 Å². The van der Waals surface area contributed by atoms with Crippen molar-refractivity contribution in [2.45, 2.75) is 19.4 Å². The molecule has 0 bridgehead atoms. The number of aromatic nitrogens is 1. The van der Waals surface area contributed by atoms with Gasteiger partial charge in [-0.2, -0.15) is 0 Å². The van der Waals surface area contributed by atoms with E-state index in [-0.39, 0.29) is 6.10 Å². The number of nitrogens with two attached hydrogens (primary N) is 1. The maximum atomic E-state index is 6.28. The van der Waals surface area contributed by atoms with Crippen LogP contribution in [0.5, 0.6) is 0 Å². The van der Waals surface area contributed by atoms with Crippen LogP contribution in [0.4, 0.5) is 11.5 Å². The molecule has 5 nitrogen and oxygen atoms in total. The van der Waals surface area contributed by atoms with Gasteiger partial charge in [0.15, 0.2) is 0 Å². The summed E-state index contributed by atoms with van der Waals surface area (Å²) in [6, 6.07) is 17.3. The van der Waals surface area contributed by atoms with Crippen LogP contribution in [0.2, 0.25) is 0 Å². The Morgan fingerprint density at radius 3 is 2.68 bits per heavy atom. The number of hydrogen-bond donors (Lipinski definition) is 2. The van der Waals surface area contributed by atoms with Gasteiger partial charge in [0.1, 0.15) is 5.82 Å². The summed E-state index contributed by atoms with van der Waals surface area (Å²) in [4.78, 5) is 6.88. The van der Waals surface area contributed by atoms with Gasteiger partial charge < -0.3 is 20.7 Å². The lowest BCUT2D eigenvalue weighted by atomic mass is 9.93. The summed E-state index contributed by atoms with van der Waals surface area (Å²) in [5, 5.41) is 3.33. The molecule has 5 heteroatoms. The Morgan fingerprint density at radius 1 is 1.06 bits per heavy atom. The van der Waals surface area contributed by atoms with Gasteiger partial charge in [-0.15, -0.1) is 0 Å². The zero-order valence-electron chi connectivity index (χ0n) is 17.9. The third-order valence-corrected chi connectivity index (χ3v) is 6.20. The molecule has 0 spiro atoms. The molecule has 5 rings (SSSR count). The lowest BCUT2D eigenvalue weighted by molar-refractivity contribution is 0.0532. The number of anilines is 2. The van der Waals surface area contributed by atoms with Crippen LogP contribution in [0, 0.1) is 0 Å². The number of morpholine rings is 1. The van der Waals surface area contributed by atoms with E-state index in [4.69, 9.17) is 10.5 Å². The largest absolute Gasteiger partial charge is 0.385 e. The van der Waals surface area contributed by atoms with Crippen LogP contribution in [0.1, 0.15) is 18.1 Å². The molecule has 0 aliphatic carbocycles. The topological polar surface area (TPSA) is 63.4 Å². The number of pyridine rings is 1. The highest BCUT2D eigenvalue weighted by molar-refractivity contribution is 5.81. The fourth-order valence-electron chi connectivity index (χ4n) is 4.49. The lowest BCUT2D eigenvalue weighted by Crippen LogP contribution is -2.41. The highest BCUT2D eigenvalue weighted by Crippen LogP contribution is 2.33. The molecule has 3 aromatic rings. The predicted octanol–water partition coefficient (Wildman–Crippen LogP) is 4.34. The second-order valence-electron chi connectivity index (χ2n) is 8.36. The number of hydrogen-bond acceptors (Lipinski definition) is 5. The van der Waals surface area contributed by atoms with Crippen LogP contribution in [-0.2, 0) is 11.2 Å². The van der Waals surface area contributed by atoms with E-state index < -0.39 is 0 Å². The highest BCUT2D eigenvalue weighted by atomic mass is 16.5. The predicted molar refractivity (Wildman–Crippen MR) is 128 cm³/mol. The van der Waals surface area contributed by atoms with Gasteiger partial charge in [0.05, 0.1) is 12.7 Å². The molecule has 1 aromatic heterocycles. The maximum absolute atomic E-state index is 6.28. The molecule has 0 saturated carbocycles. The summed E-state index contributed by atoms with van der Waals surface area (Å²) < 4.78 is 5.66. The highest BCUT2D eigenvalue weighted by Gasteiger charge is 2.17. The third-order valence-electron chi connectivity index (χ3n) is 6.20. The second-order valence-corrected chi connectivity index (χ2v) is 8.36. The second kappa shape index (κ2) is 8.08. The fourth-order valence-corrected chi connectivity index (χ4v) is 4.49. The Kier molecular flexibility index (Phi) is 5.12. The fraction of sp³-hybridized carbons (Fsp3) is 0.269. The standard InChI is InChI=1S/C26H28N4O/c1-17-16-30(11-12-31-17)23-6-3-19(4-7-23)22-14-25(26(27)29-15-22)20-5-8-24-18(2)28-10-9-21(24)13-20/h3-8,13-15,17,28H,2,9-12,16H2,1H3,(H2,27,29)/t17-/m1/s1. The minimum absolute atomic E-state index is 0.266. The molecule has 3 N–H and O–H groups in total. The monoisotopic (exact) mass is 412 g/mol. The van der Waals surface area contributed by atoms with E-state index in [0.29, 0.717) is 5.82 Å². The van der Waals surface area contributed by atoms with Crippen molar-refractivity contribution in [1.82, 2.24) is 10.3 Å². The molecule has 31 heavy (non-hydrogen) atoms. The zero-order valence-corrected chi connectivity index (χ0v) is 17.9. The summed E-state index contributed by atoms with van der Waals surface area (Å²) in [5.74, 6) is 0.551. The zero-order chi connectivity index (χ0) is 21.4. The van der Waals surface area contributed by atoms with Crippen molar-refractivity contribution in [1.29, 1.82) is 0 Å². The van der Waals surface area contributed by atoms with Gasteiger partial charge >= 0.3 is 0 Å². The van der Waals surface area contributed by atoms with Crippen LogP contribution in [0.3, 0.4) is 0 Å². The van der Waals surface area contributed by atoms with Crippen LogP contribution in [0.25, 0.3) is 28.0 Å². The normalized spacial score (nSPS) is 18.4. The Balaban J connectivity index is 1.44. The first kappa shape index (κ1) is 19.6. The lowest BCUT2D eigenvalue weighted by Gasteiger charge is -2.33. The van der Waals surface area contributed by atoms with Crippen LogP contribution in [-0.4, -0.2) is 37.3 Å². The van der Waals surface area contributed by atoms with Crippen molar-refractivity contribution in [3.05, 3.63) is 72.4 Å². The van der Waals surface area contributed by atoms with Crippen molar-refractivity contribution in [2.75, 3.05) is 36.9 Å². The molecule has 2 aliphatic rings. The smallest absolute Gasteiger partial charge is 0.131 e. The molecule has 0 amide bonds. The van der Waals surface area contributed by atoms with E-state index in [1.54, 1.807) is 0 Å². The Bertz CT molecular complexity index is 1120. The minimum Gasteiger partial charge on any atom is -0.385 e. The van der Waals surface area contributed by atoms with Gasteiger partial charge in [0.2, 0.25) is 0 Å². The first-order valence-electron chi connectivity index (χ1n) is 10.9. The maximum Gasteiger partial charge on any atom is 0.131 e.